The zero-order chi connectivity index (χ0) is 10.7. The van der Waals surface area contributed by atoms with Gasteiger partial charge in [-0.05, 0) is 0 Å². The first kappa shape index (κ1) is 9.97. The average Bonchev–Trinajstić information content (AvgIpc) is 2.11. The molecule has 1 aromatic rings. The molecule has 6 nitrogen and oxygen atoms in total. The summed E-state index contributed by atoms with van der Waals surface area (Å²) < 4.78 is 1.24. The highest BCUT2D eigenvalue weighted by Gasteiger charge is 2.07. The van der Waals surface area contributed by atoms with Gasteiger partial charge in [0.05, 0.1) is 12.7 Å². The SMILES string of the molecule is N=C(Cn1ccc(=O)c(O)c1)C(=O)O. The molecule has 1 heterocycles. The molecule has 0 aromatic carbocycles. The molecule has 0 atom stereocenters. The fourth-order valence-corrected chi connectivity index (χ4v) is 0.861. The highest BCUT2D eigenvalue weighted by Crippen LogP contribution is 1.98. The number of aromatic nitrogens is 1. The largest absolute Gasteiger partial charge is 0.503 e. The van der Waals surface area contributed by atoms with E-state index in [0.717, 1.165) is 12.3 Å². The first-order chi connectivity index (χ1) is 6.50. The van der Waals surface area contributed by atoms with Gasteiger partial charge in [-0.3, -0.25) is 10.2 Å². The van der Waals surface area contributed by atoms with Gasteiger partial charge in [0.15, 0.2) is 5.75 Å². The predicted molar refractivity (Wildman–Crippen MR) is 47.7 cm³/mol. The number of carboxylic acid groups (broad SMARTS) is 1. The number of nitrogens with zero attached hydrogens (tertiary/aromatic N) is 1. The Kier molecular flexibility index (Phi) is 2.66. The molecule has 0 saturated heterocycles. The van der Waals surface area contributed by atoms with Crippen molar-refractivity contribution in [2.24, 2.45) is 0 Å². The number of aromatic hydroxyl groups is 1. The van der Waals surface area contributed by atoms with Crippen LogP contribution in [0.25, 0.3) is 0 Å². The highest BCUT2D eigenvalue weighted by molar-refractivity contribution is 6.34. The number of carboxylic acids is 1. The molecule has 0 bridgehead atoms. The molecule has 0 fully saturated rings. The average molecular weight is 196 g/mol. The van der Waals surface area contributed by atoms with Gasteiger partial charge in [0.2, 0.25) is 5.43 Å². The Bertz CT molecular complexity index is 435. The summed E-state index contributed by atoms with van der Waals surface area (Å²) in [4.78, 5) is 21.1. The van der Waals surface area contributed by atoms with Crippen LogP contribution in [-0.4, -0.2) is 26.5 Å². The molecule has 0 aliphatic carbocycles. The second-order valence-corrected chi connectivity index (χ2v) is 2.65. The summed E-state index contributed by atoms with van der Waals surface area (Å²) in [7, 11) is 0. The van der Waals surface area contributed by atoms with Gasteiger partial charge in [-0.2, -0.15) is 0 Å². The van der Waals surface area contributed by atoms with Gasteiger partial charge >= 0.3 is 5.97 Å². The van der Waals surface area contributed by atoms with E-state index in [1.807, 2.05) is 0 Å². The van der Waals surface area contributed by atoms with Gasteiger partial charge in [0.25, 0.3) is 0 Å². The summed E-state index contributed by atoms with van der Waals surface area (Å²) >= 11 is 0. The number of aliphatic carboxylic acids is 1. The number of nitrogens with one attached hydrogen (secondary N) is 1. The molecule has 74 valence electrons. The van der Waals surface area contributed by atoms with Crippen LogP contribution in [0.1, 0.15) is 0 Å². The Hall–Kier alpha value is -2.11. The van der Waals surface area contributed by atoms with Crippen LogP contribution in [0.2, 0.25) is 0 Å². The van der Waals surface area contributed by atoms with Crippen LogP contribution in [-0.2, 0) is 11.3 Å². The van der Waals surface area contributed by atoms with Crippen molar-refractivity contribution in [1.29, 1.82) is 5.41 Å². The molecule has 3 N–H and O–H groups in total. The van der Waals surface area contributed by atoms with Crippen molar-refractivity contribution in [2.45, 2.75) is 6.54 Å². The Morgan fingerprint density at radius 2 is 2.21 bits per heavy atom. The summed E-state index contributed by atoms with van der Waals surface area (Å²) in [6.45, 7) is -0.191. The van der Waals surface area contributed by atoms with Crippen LogP contribution in [0.4, 0.5) is 0 Å². The molecule has 1 rings (SSSR count). The molecular weight excluding hydrogens is 188 g/mol. The van der Waals surface area contributed by atoms with Crippen molar-refractivity contribution < 1.29 is 15.0 Å². The Morgan fingerprint density at radius 3 is 2.71 bits per heavy atom. The van der Waals surface area contributed by atoms with Gasteiger partial charge < -0.3 is 14.8 Å². The zero-order valence-corrected chi connectivity index (χ0v) is 7.10. The van der Waals surface area contributed by atoms with Gasteiger partial charge in [-0.15, -0.1) is 0 Å². The zero-order valence-electron chi connectivity index (χ0n) is 7.10. The number of hydrogen-bond donors (Lipinski definition) is 3. The van der Waals surface area contributed by atoms with E-state index in [4.69, 9.17) is 15.6 Å². The third-order valence-electron chi connectivity index (χ3n) is 1.56. The molecule has 1 aromatic heterocycles. The number of hydrogen-bond acceptors (Lipinski definition) is 4. The Labute approximate surface area is 78.6 Å². The van der Waals surface area contributed by atoms with Gasteiger partial charge in [-0.25, -0.2) is 4.79 Å². The predicted octanol–water partition coefficient (Wildman–Crippen LogP) is -0.342. The van der Waals surface area contributed by atoms with E-state index in [1.54, 1.807) is 0 Å². The monoisotopic (exact) mass is 196 g/mol. The summed E-state index contributed by atoms with van der Waals surface area (Å²) in [6, 6.07) is 1.10. The summed E-state index contributed by atoms with van der Waals surface area (Å²) in [5.41, 5.74) is -1.06. The Balaban J connectivity index is 2.89. The van der Waals surface area contributed by atoms with Gasteiger partial charge in [-0.1, -0.05) is 0 Å². The van der Waals surface area contributed by atoms with Crippen molar-refractivity contribution in [3.8, 4) is 5.75 Å². The highest BCUT2D eigenvalue weighted by atomic mass is 16.4. The van der Waals surface area contributed by atoms with Gasteiger partial charge in [0, 0.05) is 12.3 Å². The van der Waals surface area contributed by atoms with E-state index in [-0.39, 0.29) is 6.54 Å². The second kappa shape index (κ2) is 3.73. The quantitative estimate of drug-likeness (QED) is 0.575. The lowest BCUT2D eigenvalue weighted by atomic mass is 10.3. The maximum atomic E-state index is 10.8. The Morgan fingerprint density at radius 1 is 1.57 bits per heavy atom. The van der Waals surface area contributed by atoms with E-state index >= 15 is 0 Å². The van der Waals surface area contributed by atoms with Crippen molar-refractivity contribution >= 4 is 11.7 Å². The van der Waals surface area contributed by atoms with Crippen LogP contribution in [0.3, 0.4) is 0 Å². The minimum Gasteiger partial charge on any atom is -0.503 e. The summed E-state index contributed by atoms with van der Waals surface area (Å²) in [6.07, 6.45) is 2.39. The fourth-order valence-electron chi connectivity index (χ4n) is 0.861. The van der Waals surface area contributed by atoms with Crippen LogP contribution >= 0.6 is 0 Å². The normalized spacial score (nSPS) is 9.71. The van der Waals surface area contributed by atoms with E-state index in [1.165, 1.54) is 10.8 Å². The van der Waals surface area contributed by atoms with Crippen molar-refractivity contribution in [2.75, 3.05) is 0 Å². The van der Waals surface area contributed by atoms with Crippen LogP contribution < -0.4 is 5.43 Å². The second-order valence-electron chi connectivity index (χ2n) is 2.65. The summed E-state index contributed by atoms with van der Waals surface area (Å²) in [5.74, 6) is -1.80. The van der Waals surface area contributed by atoms with E-state index in [0.29, 0.717) is 0 Å². The third-order valence-corrected chi connectivity index (χ3v) is 1.56. The molecular formula is C8H8N2O4. The molecule has 0 aliphatic heterocycles. The minimum absolute atomic E-state index is 0.191. The first-order valence-corrected chi connectivity index (χ1v) is 3.70. The van der Waals surface area contributed by atoms with Crippen LogP contribution in [0.5, 0.6) is 5.75 Å². The fraction of sp³-hybridized carbons (Fsp3) is 0.125. The first-order valence-electron chi connectivity index (χ1n) is 3.70. The van der Waals surface area contributed by atoms with Crippen LogP contribution in [0, 0.1) is 5.41 Å². The van der Waals surface area contributed by atoms with E-state index < -0.39 is 22.9 Å². The lowest BCUT2D eigenvalue weighted by molar-refractivity contribution is -0.129. The standard InChI is InChI=1S/C8H8N2O4/c9-5(8(13)14)3-10-2-1-6(11)7(12)4-10/h1-2,4,9,12H,3H2,(H,13,14). The van der Waals surface area contributed by atoms with Crippen LogP contribution in [0.15, 0.2) is 23.3 Å². The summed E-state index contributed by atoms with van der Waals surface area (Å²) in [5, 5.41) is 24.4. The van der Waals surface area contributed by atoms with E-state index in [2.05, 4.69) is 0 Å². The van der Waals surface area contributed by atoms with Crippen molar-refractivity contribution in [3.05, 3.63) is 28.7 Å². The van der Waals surface area contributed by atoms with Crippen molar-refractivity contribution in [1.82, 2.24) is 4.57 Å². The molecule has 0 spiro atoms. The van der Waals surface area contributed by atoms with E-state index in [9.17, 15) is 9.59 Å². The van der Waals surface area contributed by atoms with Crippen molar-refractivity contribution in [3.63, 3.8) is 0 Å². The lowest BCUT2D eigenvalue weighted by Crippen LogP contribution is -2.19. The molecule has 0 amide bonds. The molecule has 6 heteroatoms. The maximum Gasteiger partial charge on any atom is 0.351 e. The molecule has 0 saturated carbocycles. The maximum absolute atomic E-state index is 10.8. The number of pyridine rings is 1. The van der Waals surface area contributed by atoms with Gasteiger partial charge in [0.1, 0.15) is 5.71 Å². The third kappa shape index (κ3) is 2.19. The number of carbonyl (C=O) groups is 1. The lowest BCUT2D eigenvalue weighted by Gasteiger charge is -2.04. The number of rotatable bonds is 3. The molecule has 0 aliphatic rings. The smallest absolute Gasteiger partial charge is 0.351 e. The topological polar surface area (TPSA) is 103 Å². The molecule has 14 heavy (non-hydrogen) atoms. The molecule has 0 radical (unpaired) electrons. The minimum atomic E-state index is -1.33. The molecule has 0 unspecified atom stereocenters.